The van der Waals surface area contributed by atoms with Gasteiger partial charge in [-0.15, -0.1) is 0 Å². The third-order valence-corrected chi connectivity index (χ3v) is 16.6. The zero-order valence-electron chi connectivity index (χ0n) is 29.2. The molecule has 4 heterocycles. The molecule has 9 rings (SSSR count). The number of carbonyl (C=O) groups excluding carboxylic acids is 1. The number of esters is 1. The molecule has 0 amide bonds. The molecule has 0 bridgehead atoms. The second kappa shape index (κ2) is 9.52. The lowest BCUT2D eigenvalue weighted by molar-refractivity contribution is -0.309. The van der Waals surface area contributed by atoms with Gasteiger partial charge in [0.05, 0.1) is 25.4 Å². The summed E-state index contributed by atoms with van der Waals surface area (Å²) in [7, 11) is 0. The van der Waals surface area contributed by atoms with Gasteiger partial charge in [0.2, 0.25) is 0 Å². The third kappa shape index (κ3) is 3.78. The molecule has 3 spiro atoms. The van der Waals surface area contributed by atoms with Crippen molar-refractivity contribution in [2.75, 3.05) is 13.2 Å². The summed E-state index contributed by atoms with van der Waals surface area (Å²) < 4.78 is 38.4. The maximum absolute atomic E-state index is 12.9. The first-order chi connectivity index (χ1) is 22.0. The Bertz CT molecular complexity index is 1360. The van der Waals surface area contributed by atoms with Gasteiger partial charge in [-0.2, -0.15) is 0 Å². The van der Waals surface area contributed by atoms with Crippen molar-refractivity contribution < 1.29 is 48.5 Å². The van der Waals surface area contributed by atoms with Gasteiger partial charge in [0.15, 0.2) is 12.1 Å². The molecule has 4 saturated heterocycles. The third-order valence-electron chi connectivity index (χ3n) is 16.6. The zero-order chi connectivity index (χ0) is 33.3. The lowest BCUT2D eigenvalue weighted by Crippen LogP contribution is -2.64. The number of aliphatic hydroxyl groups is 3. The second-order valence-electron chi connectivity index (χ2n) is 18.9. The smallest absolute Gasteiger partial charge is 0.302 e. The van der Waals surface area contributed by atoms with Crippen LogP contribution < -0.4 is 0 Å². The average molecular weight is 661 g/mol. The Hall–Kier alpha value is -0.850. The van der Waals surface area contributed by atoms with E-state index in [1.807, 2.05) is 0 Å². The number of hydrogen-bond acceptors (Lipinski definition) is 10. The molecule has 9 fully saturated rings. The van der Waals surface area contributed by atoms with Crippen LogP contribution in [0.2, 0.25) is 0 Å². The average Bonchev–Trinajstić information content (AvgIpc) is 3.81. The normalized spacial score (nSPS) is 62.8. The molecular formula is C37H56O10. The topological polar surface area (TPSA) is 136 Å². The van der Waals surface area contributed by atoms with E-state index in [-0.39, 0.29) is 75.6 Å². The van der Waals surface area contributed by atoms with E-state index in [1.54, 1.807) is 6.92 Å². The molecule has 264 valence electrons. The Balaban J connectivity index is 1.03. The first-order valence-electron chi connectivity index (χ1n) is 18.5. The number of epoxide rings is 1. The van der Waals surface area contributed by atoms with E-state index >= 15 is 0 Å². The van der Waals surface area contributed by atoms with E-state index < -0.39 is 30.4 Å². The highest BCUT2D eigenvalue weighted by molar-refractivity contribution is 5.66. The Morgan fingerprint density at radius 2 is 1.62 bits per heavy atom. The summed E-state index contributed by atoms with van der Waals surface area (Å²) in [5.41, 5.74) is -0.492. The molecule has 4 aliphatic heterocycles. The van der Waals surface area contributed by atoms with Crippen molar-refractivity contribution in [3.8, 4) is 0 Å². The molecule has 5 saturated carbocycles. The van der Waals surface area contributed by atoms with Gasteiger partial charge in [-0.3, -0.25) is 4.79 Å². The molecule has 3 N–H and O–H groups in total. The van der Waals surface area contributed by atoms with E-state index in [0.717, 1.165) is 51.4 Å². The van der Waals surface area contributed by atoms with Gasteiger partial charge in [0, 0.05) is 18.8 Å². The van der Waals surface area contributed by atoms with E-state index in [9.17, 15) is 20.1 Å². The number of rotatable bonds is 3. The fourth-order valence-corrected chi connectivity index (χ4v) is 14.6. The maximum atomic E-state index is 12.9. The van der Waals surface area contributed by atoms with Crippen LogP contribution >= 0.6 is 0 Å². The lowest BCUT2D eigenvalue weighted by atomic mass is 9.41. The molecule has 10 nitrogen and oxygen atoms in total. The van der Waals surface area contributed by atoms with Crippen molar-refractivity contribution >= 4 is 5.97 Å². The van der Waals surface area contributed by atoms with Gasteiger partial charge < -0.3 is 43.7 Å². The van der Waals surface area contributed by atoms with E-state index in [1.165, 1.54) is 0 Å². The number of fused-ring (bicyclic) bond motifs is 6. The number of hydrogen-bond donors (Lipinski definition) is 3. The summed E-state index contributed by atoms with van der Waals surface area (Å²) in [5, 5.41) is 31.0. The highest BCUT2D eigenvalue weighted by Gasteiger charge is 2.86. The van der Waals surface area contributed by atoms with Gasteiger partial charge >= 0.3 is 5.97 Å². The largest absolute Gasteiger partial charge is 0.462 e. The van der Waals surface area contributed by atoms with Crippen LogP contribution in [0.5, 0.6) is 0 Å². The van der Waals surface area contributed by atoms with Crippen LogP contribution in [0.3, 0.4) is 0 Å². The molecule has 9 aliphatic rings. The minimum absolute atomic E-state index is 0.00697. The van der Waals surface area contributed by atoms with Gasteiger partial charge in [0.1, 0.15) is 36.1 Å². The number of aliphatic hydroxyl groups excluding tert-OH is 3. The summed E-state index contributed by atoms with van der Waals surface area (Å²) >= 11 is 0. The molecule has 0 aromatic carbocycles. The van der Waals surface area contributed by atoms with Gasteiger partial charge in [-0.1, -0.05) is 34.6 Å². The van der Waals surface area contributed by atoms with Crippen LogP contribution in [0, 0.1) is 50.7 Å². The second-order valence-corrected chi connectivity index (χ2v) is 18.9. The van der Waals surface area contributed by atoms with E-state index in [0.29, 0.717) is 24.4 Å². The quantitative estimate of drug-likeness (QED) is 0.234. The molecule has 10 heteroatoms. The summed E-state index contributed by atoms with van der Waals surface area (Å²) in [5.74, 6) is 0.642. The van der Waals surface area contributed by atoms with Crippen LogP contribution in [0.1, 0.15) is 99.8 Å². The van der Waals surface area contributed by atoms with Crippen molar-refractivity contribution in [2.24, 2.45) is 50.7 Å². The minimum atomic E-state index is -1.29. The monoisotopic (exact) mass is 660 g/mol. The molecule has 47 heavy (non-hydrogen) atoms. The van der Waals surface area contributed by atoms with E-state index in [2.05, 4.69) is 41.5 Å². The first kappa shape index (κ1) is 32.1. The molecule has 18 atom stereocenters. The van der Waals surface area contributed by atoms with Crippen molar-refractivity contribution in [1.29, 1.82) is 0 Å². The Labute approximate surface area is 278 Å². The van der Waals surface area contributed by atoms with Crippen molar-refractivity contribution in [3.63, 3.8) is 0 Å². The highest BCUT2D eigenvalue weighted by Crippen LogP contribution is 2.89. The van der Waals surface area contributed by atoms with Crippen LogP contribution in [0.4, 0.5) is 0 Å². The first-order valence-corrected chi connectivity index (χ1v) is 18.5. The fourth-order valence-electron chi connectivity index (χ4n) is 14.6. The summed E-state index contributed by atoms with van der Waals surface area (Å²) in [6, 6.07) is 0. The van der Waals surface area contributed by atoms with Gasteiger partial charge in [0.25, 0.3) is 0 Å². The highest BCUT2D eigenvalue weighted by atomic mass is 16.8. The Morgan fingerprint density at radius 3 is 2.30 bits per heavy atom. The van der Waals surface area contributed by atoms with Gasteiger partial charge in [-0.25, -0.2) is 0 Å². The van der Waals surface area contributed by atoms with Crippen LogP contribution in [-0.4, -0.2) is 94.9 Å². The fraction of sp³-hybridized carbons (Fsp3) is 0.973. The van der Waals surface area contributed by atoms with Crippen molar-refractivity contribution in [2.45, 2.75) is 160 Å². The predicted molar refractivity (Wildman–Crippen MR) is 166 cm³/mol. The SMILES string of the molecule is CC(=O)O[C@@H]1C[C@@]23C[C@@]24CC[C@H](O[C@H]2OC[C@H](O)[C@@H](O)[C@@H]2O)C(C)(C)[C@@H]4CC[C@H]3[C@]2(C)C[C@@H]3O[C@]4(C[C@@H](C)[C@@H]3[C@@]12C)OC[C@@]1(C)O[C@@H]41. The summed E-state index contributed by atoms with van der Waals surface area (Å²) in [6.07, 6.45) is 2.89. The molecular weight excluding hydrogens is 604 g/mol. The van der Waals surface area contributed by atoms with E-state index in [4.69, 9.17) is 28.4 Å². The molecule has 0 unspecified atom stereocenters. The number of carbonyl (C=O) groups is 1. The molecule has 5 aliphatic carbocycles. The van der Waals surface area contributed by atoms with Crippen molar-refractivity contribution in [3.05, 3.63) is 0 Å². The standard InChI is InChI=1S/C37H56O10/c1-18-12-37(30-33(6,47-30)17-43-37)46-21-13-32(5)23-9-8-22-31(3,4)24(45-29-28(41)27(40)20(39)15-42-29)10-11-35(22)16-36(23,35)14-25(44-19(2)38)34(32,7)26(18)21/h18,20-30,39-41H,8-17H2,1-7H3/t18-,20+,21+,22+,23+,24+,25-,26+,27-,28+,29-,30-,32+,33-,34-,35-,36+,37+/m1/s1. The molecule has 0 radical (unpaired) electrons. The predicted octanol–water partition coefficient (Wildman–Crippen LogP) is 3.71. The molecule has 0 aromatic rings. The summed E-state index contributed by atoms with van der Waals surface area (Å²) in [4.78, 5) is 12.9. The maximum Gasteiger partial charge on any atom is 0.302 e. The van der Waals surface area contributed by atoms with Crippen molar-refractivity contribution in [1.82, 2.24) is 0 Å². The van der Waals surface area contributed by atoms with Crippen LogP contribution in [0.15, 0.2) is 0 Å². The molecule has 0 aromatic heterocycles. The van der Waals surface area contributed by atoms with Gasteiger partial charge in [-0.05, 0) is 97.2 Å². The Morgan fingerprint density at radius 1 is 0.872 bits per heavy atom. The zero-order valence-corrected chi connectivity index (χ0v) is 29.2. The lowest BCUT2D eigenvalue weighted by Gasteiger charge is -2.65. The number of ether oxygens (including phenoxy) is 6. The van der Waals surface area contributed by atoms with Crippen LogP contribution in [0.25, 0.3) is 0 Å². The van der Waals surface area contributed by atoms with Crippen LogP contribution in [-0.2, 0) is 33.2 Å². The minimum Gasteiger partial charge on any atom is -0.462 e. The summed E-state index contributed by atoms with van der Waals surface area (Å²) in [6.45, 7) is 16.1. The Kier molecular flexibility index (Phi) is 6.50.